The van der Waals surface area contributed by atoms with E-state index in [9.17, 15) is 0 Å². The highest BCUT2D eigenvalue weighted by Crippen LogP contribution is 2.58. The van der Waals surface area contributed by atoms with Gasteiger partial charge in [-0.15, -0.1) is 0 Å². The second-order valence-electron chi connectivity index (χ2n) is 18.1. The van der Waals surface area contributed by atoms with E-state index in [0.29, 0.717) is 53.3 Å². The Morgan fingerprint density at radius 3 is 0.698 bits per heavy atom. The van der Waals surface area contributed by atoms with Gasteiger partial charge in [-0.05, 0) is 150 Å². The molecule has 0 N–H and O–H groups in total. The standard InChI is InChI=1S/3C13H23O.Al/c3*1-10(2)9-13(14,11-5-3-6-11)12-7-4-8-12;/h3*10-12H,3-9H2,1-2H3;/q3*-1;+3. The van der Waals surface area contributed by atoms with E-state index in [-0.39, 0.29) is 16.8 Å². The second kappa shape index (κ2) is 13.9. The van der Waals surface area contributed by atoms with Crippen molar-refractivity contribution < 1.29 is 11.4 Å². The first-order valence-electron chi connectivity index (χ1n) is 19.7. The van der Waals surface area contributed by atoms with Crippen molar-refractivity contribution in [3.8, 4) is 0 Å². The molecule has 0 radical (unpaired) electrons. The lowest BCUT2D eigenvalue weighted by Gasteiger charge is -2.60. The molecule has 0 bridgehead atoms. The predicted octanol–water partition coefficient (Wildman–Crippen LogP) is 11.2. The minimum atomic E-state index is -2.50. The Labute approximate surface area is 272 Å². The Balaban J connectivity index is 1.41. The van der Waals surface area contributed by atoms with Gasteiger partial charge in [0, 0.05) is 16.8 Å². The third-order valence-electron chi connectivity index (χ3n) is 13.9. The third-order valence-corrected chi connectivity index (χ3v) is 15.8. The molecule has 0 spiro atoms. The van der Waals surface area contributed by atoms with Crippen molar-refractivity contribution in [2.24, 2.45) is 53.3 Å². The van der Waals surface area contributed by atoms with E-state index in [2.05, 4.69) is 41.5 Å². The lowest BCUT2D eigenvalue weighted by Crippen LogP contribution is -2.64. The van der Waals surface area contributed by atoms with Crippen molar-refractivity contribution in [1.29, 1.82) is 0 Å². The average molecular weight is 613 g/mol. The largest absolute Gasteiger partial charge is 0.906 e. The molecule has 6 aliphatic rings. The van der Waals surface area contributed by atoms with E-state index in [1.54, 1.807) is 0 Å². The minimum absolute atomic E-state index is 0.0207. The lowest BCUT2D eigenvalue weighted by atomic mass is 9.59. The van der Waals surface area contributed by atoms with Crippen LogP contribution in [0.5, 0.6) is 0 Å². The summed E-state index contributed by atoms with van der Waals surface area (Å²) in [6, 6.07) is 0. The van der Waals surface area contributed by atoms with Crippen molar-refractivity contribution in [3.05, 3.63) is 0 Å². The molecule has 0 unspecified atom stereocenters. The zero-order valence-corrected chi connectivity index (χ0v) is 30.5. The Bertz CT molecular complexity index is 719. The Hall–Kier alpha value is 0.412. The van der Waals surface area contributed by atoms with Crippen LogP contribution in [0.4, 0.5) is 0 Å². The third kappa shape index (κ3) is 6.60. The summed E-state index contributed by atoms with van der Waals surface area (Å²) >= 11 is -2.50. The molecule has 0 aromatic carbocycles. The molecule has 6 fully saturated rings. The fourth-order valence-corrected chi connectivity index (χ4v) is 13.3. The molecule has 6 aliphatic carbocycles. The fraction of sp³-hybridized carbons (Fsp3) is 1.00. The van der Waals surface area contributed by atoms with Gasteiger partial charge in [-0.3, -0.25) is 0 Å². The lowest BCUT2D eigenvalue weighted by molar-refractivity contribution is -0.209. The van der Waals surface area contributed by atoms with Crippen molar-refractivity contribution >= 4 is 15.1 Å². The van der Waals surface area contributed by atoms with Crippen LogP contribution >= 0.6 is 0 Å². The molecule has 0 aromatic rings. The Kier molecular flexibility index (Phi) is 10.7. The highest BCUT2D eigenvalue weighted by atomic mass is 27.3. The van der Waals surface area contributed by atoms with Crippen molar-refractivity contribution in [1.82, 2.24) is 0 Å². The fourth-order valence-electron chi connectivity index (χ4n) is 10.6. The number of rotatable bonds is 18. The van der Waals surface area contributed by atoms with Crippen molar-refractivity contribution in [3.63, 3.8) is 0 Å². The monoisotopic (exact) mass is 613 g/mol. The minimum Gasteiger partial charge on any atom is -0.449 e. The summed E-state index contributed by atoms with van der Waals surface area (Å²) in [5.41, 5.74) is -0.0621. The van der Waals surface area contributed by atoms with Gasteiger partial charge < -0.3 is 11.4 Å². The maximum absolute atomic E-state index is 8.00. The zero-order valence-electron chi connectivity index (χ0n) is 29.3. The van der Waals surface area contributed by atoms with Gasteiger partial charge in [-0.2, -0.15) is 0 Å². The molecule has 6 rings (SSSR count). The van der Waals surface area contributed by atoms with E-state index in [1.807, 2.05) is 0 Å². The second-order valence-corrected chi connectivity index (χ2v) is 19.4. The normalized spacial score (nSPS) is 25.3. The van der Waals surface area contributed by atoms with Gasteiger partial charge in [-0.1, -0.05) is 80.1 Å². The SMILES string of the molecule is CC(C)CC([O][Al]([O]C(CC(C)C)(C1CCC1)C1CCC1)[O]C(CC(C)C)(C1CCC1)C1CCC1)(C1CCC1)C1CCC1. The molecule has 0 amide bonds. The zero-order chi connectivity index (χ0) is 30.2. The van der Waals surface area contributed by atoms with Crippen LogP contribution in [0.3, 0.4) is 0 Å². The van der Waals surface area contributed by atoms with Crippen LogP contribution in [-0.2, 0) is 11.4 Å². The molecule has 43 heavy (non-hydrogen) atoms. The van der Waals surface area contributed by atoms with Crippen LogP contribution in [-0.4, -0.2) is 32.0 Å². The Morgan fingerprint density at radius 2 is 0.581 bits per heavy atom. The molecular weight excluding hydrogens is 543 g/mol. The summed E-state index contributed by atoms with van der Waals surface area (Å²) in [7, 11) is 0. The van der Waals surface area contributed by atoms with Gasteiger partial charge in [0.1, 0.15) is 0 Å². The van der Waals surface area contributed by atoms with Gasteiger partial charge in [0.25, 0.3) is 0 Å². The van der Waals surface area contributed by atoms with Crippen LogP contribution in [0.25, 0.3) is 0 Å². The first kappa shape index (κ1) is 33.3. The highest BCUT2D eigenvalue weighted by molar-refractivity contribution is 6.37. The molecule has 246 valence electrons. The van der Waals surface area contributed by atoms with Crippen LogP contribution in [0.2, 0.25) is 0 Å². The van der Waals surface area contributed by atoms with Gasteiger partial charge in [-0.25, -0.2) is 0 Å². The van der Waals surface area contributed by atoms with E-state index < -0.39 is 15.1 Å². The van der Waals surface area contributed by atoms with Crippen LogP contribution in [0.1, 0.15) is 176 Å². The quantitative estimate of drug-likeness (QED) is 0.144. The number of hydrogen-bond acceptors (Lipinski definition) is 3. The molecule has 3 nitrogen and oxygen atoms in total. The molecule has 0 atom stereocenters. The maximum Gasteiger partial charge on any atom is 0.906 e. The Morgan fingerprint density at radius 1 is 0.395 bits per heavy atom. The molecule has 0 aromatic heterocycles. The summed E-state index contributed by atoms with van der Waals surface area (Å²) in [5, 5.41) is 0. The van der Waals surface area contributed by atoms with E-state index in [1.165, 1.54) is 135 Å². The van der Waals surface area contributed by atoms with Gasteiger partial charge in [0.15, 0.2) is 0 Å². The van der Waals surface area contributed by atoms with E-state index in [4.69, 9.17) is 11.4 Å². The summed E-state index contributed by atoms with van der Waals surface area (Å²) in [6.45, 7) is 14.7. The summed E-state index contributed by atoms with van der Waals surface area (Å²) in [6.07, 6.45) is 28.2. The molecule has 4 heteroatoms. The molecule has 0 saturated heterocycles. The van der Waals surface area contributed by atoms with Gasteiger partial charge in [0.2, 0.25) is 0 Å². The van der Waals surface area contributed by atoms with E-state index >= 15 is 0 Å². The van der Waals surface area contributed by atoms with Crippen LogP contribution < -0.4 is 0 Å². The van der Waals surface area contributed by atoms with Crippen LogP contribution in [0.15, 0.2) is 0 Å². The van der Waals surface area contributed by atoms with E-state index in [0.717, 1.165) is 0 Å². The first-order chi connectivity index (χ1) is 20.7. The molecule has 0 heterocycles. The summed E-state index contributed by atoms with van der Waals surface area (Å²) < 4.78 is 24.0. The highest BCUT2D eigenvalue weighted by Gasteiger charge is 2.62. The molecular formula is C39H69AlO3. The maximum atomic E-state index is 8.00. The van der Waals surface area contributed by atoms with Gasteiger partial charge >= 0.3 is 15.1 Å². The smallest absolute Gasteiger partial charge is 0.449 e. The van der Waals surface area contributed by atoms with Crippen molar-refractivity contribution in [2.75, 3.05) is 0 Å². The average Bonchev–Trinajstić information content (AvgIpc) is 2.63. The first-order valence-corrected chi connectivity index (χ1v) is 21.1. The predicted molar refractivity (Wildman–Crippen MR) is 180 cm³/mol. The van der Waals surface area contributed by atoms with Crippen LogP contribution in [0, 0.1) is 53.3 Å². The summed E-state index contributed by atoms with van der Waals surface area (Å²) in [5.74, 6) is 6.20. The molecule has 0 aliphatic heterocycles. The van der Waals surface area contributed by atoms with Crippen molar-refractivity contribution in [2.45, 2.75) is 193 Å². The topological polar surface area (TPSA) is 27.7 Å². The molecule has 6 saturated carbocycles. The summed E-state index contributed by atoms with van der Waals surface area (Å²) in [4.78, 5) is 0. The number of hydrogen-bond donors (Lipinski definition) is 0. The van der Waals surface area contributed by atoms with Gasteiger partial charge in [0.05, 0.1) is 0 Å².